The van der Waals surface area contributed by atoms with Crippen LogP contribution in [0.4, 0.5) is 17.6 Å². The highest BCUT2D eigenvalue weighted by Gasteiger charge is 2.30. The molecule has 4 aromatic rings. The minimum Gasteiger partial charge on any atom is -0.306 e. The van der Waals surface area contributed by atoms with Crippen molar-refractivity contribution in [1.82, 2.24) is 19.9 Å². The number of alkyl halides is 3. The number of thiazole rings is 1. The Morgan fingerprint density at radius 1 is 1.00 bits per heavy atom. The lowest BCUT2D eigenvalue weighted by Gasteiger charge is -2.26. The number of halogens is 4. The van der Waals surface area contributed by atoms with Crippen LogP contribution in [0, 0.1) is 5.82 Å². The summed E-state index contributed by atoms with van der Waals surface area (Å²) in [5.74, 6) is -0.0405. The number of benzene rings is 2. The summed E-state index contributed by atoms with van der Waals surface area (Å²) in [5.41, 5.74) is 2.19. The molecule has 174 valence electrons. The van der Waals surface area contributed by atoms with Gasteiger partial charge in [-0.05, 0) is 36.4 Å². The van der Waals surface area contributed by atoms with Crippen molar-refractivity contribution in [2.75, 3.05) is 6.54 Å². The molecule has 5 nitrogen and oxygen atoms in total. The van der Waals surface area contributed by atoms with Gasteiger partial charge in [-0.2, -0.15) is 13.2 Å². The second kappa shape index (κ2) is 8.77. The van der Waals surface area contributed by atoms with Gasteiger partial charge in [-0.15, -0.1) is 11.3 Å². The van der Waals surface area contributed by atoms with Crippen LogP contribution in [0.25, 0.3) is 22.6 Å². The Balaban J connectivity index is 1.31. The quantitative estimate of drug-likeness (QED) is 0.399. The van der Waals surface area contributed by atoms with E-state index >= 15 is 0 Å². The molecule has 0 radical (unpaired) electrons. The number of rotatable bonds is 4. The summed E-state index contributed by atoms with van der Waals surface area (Å²) in [7, 11) is 0. The van der Waals surface area contributed by atoms with Crippen LogP contribution in [0.5, 0.6) is 0 Å². The van der Waals surface area contributed by atoms with Gasteiger partial charge in [0.15, 0.2) is 0 Å². The Hall–Kier alpha value is -3.37. The molecule has 1 aliphatic rings. The highest BCUT2D eigenvalue weighted by molar-refractivity contribution is 7.09. The molecular formula is C24H18F4N4OS. The zero-order valence-electron chi connectivity index (χ0n) is 17.7. The van der Waals surface area contributed by atoms with E-state index in [1.54, 1.807) is 12.1 Å². The summed E-state index contributed by atoms with van der Waals surface area (Å²) in [6.07, 6.45) is -3.88. The fourth-order valence-electron chi connectivity index (χ4n) is 3.90. The lowest BCUT2D eigenvalue weighted by molar-refractivity contribution is -0.137. The third kappa shape index (κ3) is 4.64. The zero-order chi connectivity index (χ0) is 23.9. The average Bonchev–Trinajstić information content (AvgIpc) is 3.28. The van der Waals surface area contributed by atoms with E-state index in [-0.39, 0.29) is 17.2 Å². The molecule has 0 amide bonds. The first-order chi connectivity index (χ1) is 16.3. The Morgan fingerprint density at radius 2 is 1.71 bits per heavy atom. The third-order valence-corrected chi connectivity index (χ3v) is 6.52. The maximum Gasteiger partial charge on any atom is 0.416 e. The summed E-state index contributed by atoms with van der Waals surface area (Å²) in [4.78, 5) is 26.7. The smallest absolute Gasteiger partial charge is 0.306 e. The molecule has 0 saturated carbocycles. The van der Waals surface area contributed by atoms with Crippen molar-refractivity contribution >= 4 is 11.3 Å². The molecule has 10 heteroatoms. The normalized spacial score (nSPS) is 14.2. The predicted molar refractivity (Wildman–Crippen MR) is 121 cm³/mol. The van der Waals surface area contributed by atoms with Gasteiger partial charge >= 0.3 is 6.18 Å². The van der Waals surface area contributed by atoms with Gasteiger partial charge in [-0.1, -0.05) is 12.1 Å². The molecule has 0 aliphatic carbocycles. The van der Waals surface area contributed by atoms with Gasteiger partial charge in [0.25, 0.3) is 5.56 Å². The molecule has 1 N–H and O–H groups in total. The van der Waals surface area contributed by atoms with E-state index in [4.69, 9.17) is 0 Å². The molecule has 0 unspecified atom stereocenters. The molecule has 0 saturated heterocycles. The van der Waals surface area contributed by atoms with Crippen LogP contribution in [0.1, 0.15) is 21.8 Å². The van der Waals surface area contributed by atoms with E-state index in [1.807, 2.05) is 5.38 Å². The van der Waals surface area contributed by atoms with Crippen LogP contribution < -0.4 is 5.56 Å². The van der Waals surface area contributed by atoms with Crippen molar-refractivity contribution in [2.45, 2.75) is 25.7 Å². The highest BCUT2D eigenvalue weighted by atomic mass is 32.1. The Labute approximate surface area is 195 Å². The van der Waals surface area contributed by atoms with E-state index in [1.165, 1.54) is 35.6 Å². The van der Waals surface area contributed by atoms with Crippen molar-refractivity contribution < 1.29 is 17.6 Å². The Kier molecular flexibility index (Phi) is 5.78. The second-order valence-electron chi connectivity index (χ2n) is 8.01. The molecule has 3 heterocycles. The predicted octanol–water partition coefficient (Wildman–Crippen LogP) is 5.28. The first-order valence-corrected chi connectivity index (χ1v) is 11.4. The van der Waals surface area contributed by atoms with Gasteiger partial charge in [0, 0.05) is 36.0 Å². The standard InChI is InChI=1S/C24H18F4N4OS/c25-17-7-3-14(4-8-17)20-13-34-21(29-20)12-32-10-9-19-18(11-32)23(33)31-22(30-19)15-1-5-16(6-2-15)24(26,27)28/h1-8,13H,9-12H2,(H,30,31,33). The lowest BCUT2D eigenvalue weighted by Crippen LogP contribution is -2.35. The molecule has 5 rings (SSSR count). The van der Waals surface area contributed by atoms with Gasteiger partial charge < -0.3 is 4.98 Å². The van der Waals surface area contributed by atoms with Crippen LogP contribution >= 0.6 is 11.3 Å². The molecule has 2 aromatic heterocycles. The number of aromatic nitrogens is 3. The topological polar surface area (TPSA) is 61.9 Å². The first kappa shape index (κ1) is 22.4. The highest BCUT2D eigenvalue weighted by Crippen LogP contribution is 2.30. The summed E-state index contributed by atoms with van der Waals surface area (Å²) in [6, 6.07) is 10.7. The van der Waals surface area contributed by atoms with E-state index in [2.05, 4.69) is 19.9 Å². The number of hydrogen-bond donors (Lipinski definition) is 1. The fourth-order valence-corrected chi connectivity index (χ4v) is 4.74. The summed E-state index contributed by atoms with van der Waals surface area (Å²) >= 11 is 1.50. The molecule has 34 heavy (non-hydrogen) atoms. The van der Waals surface area contributed by atoms with Crippen LogP contribution in [0.15, 0.2) is 58.7 Å². The van der Waals surface area contributed by atoms with Gasteiger partial charge in [-0.3, -0.25) is 9.69 Å². The SMILES string of the molecule is O=c1[nH]c(-c2ccc(C(F)(F)F)cc2)nc2c1CN(Cc1nc(-c3ccc(F)cc3)cs1)CC2. The first-order valence-electron chi connectivity index (χ1n) is 10.5. The van der Waals surface area contributed by atoms with Gasteiger partial charge in [0.1, 0.15) is 16.6 Å². The lowest BCUT2D eigenvalue weighted by atomic mass is 10.1. The summed E-state index contributed by atoms with van der Waals surface area (Å²) in [6.45, 7) is 1.63. The second-order valence-corrected chi connectivity index (χ2v) is 8.95. The molecule has 0 bridgehead atoms. The van der Waals surface area contributed by atoms with E-state index in [0.29, 0.717) is 42.9 Å². The van der Waals surface area contributed by atoms with Crippen molar-refractivity contribution in [3.8, 4) is 22.6 Å². The molecule has 0 fully saturated rings. The van der Waals surface area contributed by atoms with Crippen molar-refractivity contribution in [3.63, 3.8) is 0 Å². The van der Waals surface area contributed by atoms with Gasteiger partial charge in [0.2, 0.25) is 0 Å². The molecule has 1 aliphatic heterocycles. The summed E-state index contributed by atoms with van der Waals surface area (Å²) < 4.78 is 51.6. The molecule has 0 atom stereocenters. The van der Waals surface area contributed by atoms with Crippen LogP contribution in [0.2, 0.25) is 0 Å². The largest absolute Gasteiger partial charge is 0.416 e. The number of nitrogens with one attached hydrogen (secondary N) is 1. The van der Waals surface area contributed by atoms with Crippen molar-refractivity contribution in [3.05, 3.63) is 91.9 Å². The molecule has 0 spiro atoms. The van der Waals surface area contributed by atoms with E-state index < -0.39 is 11.7 Å². The van der Waals surface area contributed by atoms with Crippen molar-refractivity contribution in [2.24, 2.45) is 0 Å². The molecule has 2 aromatic carbocycles. The van der Waals surface area contributed by atoms with Crippen LogP contribution in [-0.2, 0) is 25.7 Å². The maximum atomic E-state index is 13.2. The number of hydrogen-bond acceptors (Lipinski definition) is 5. The number of H-pyrrole nitrogens is 1. The number of aromatic amines is 1. The zero-order valence-corrected chi connectivity index (χ0v) is 18.5. The minimum atomic E-state index is -4.42. The maximum absolute atomic E-state index is 13.2. The van der Waals surface area contributed by atoms with Gasteiger partial charge in [0.05, 0.1) is 29.1 Å². The monoisotopic (exact) mass is 486 g/mol. The number of nitrogens with zero attached hydrogens (tertiary/aromatic N) is 3. The Bertz CT molecular complexity index is 1380. The number of fused-ring (bicyclic) bond motifs is 1. The van der Waals surface area contributed by atoms with Gasteiger partial charge in [-0.25, -0.2) is 14.4 Å². The van der Waals surface area contributed by atoms with Crippen LogP contribution in [-0.4, -0.2) is 26.4 Å². The van der Waals surface area contributed by atoms with Crippen molar-refractivity contribution in [1.29, 1.82) is 0 Å². The molecular weight excluding hydrogens is 468 g/mol. The Morgan fingerprint density at radius 3 is 2.41 bits per heavy atom. The van der Waals surface area contributed by atoms with E-state index in [0.717, 1.165) is 28.4 Å². The minimum absolute atomic E-state index is 0.259. The van der Waals surface area contributed by atoms with E-state index in [9.17, 15) is 22.4 Å². The third-order valence-electron chi connectivity index (χ3n) is 5.68. The summed E-state index contributed by atoms with van der Waals surface area (Å²) in [5, 5.41) is 2.80. The fraction of sp³-hybridized carbons (Fsp3) is 0.208. The van der Waals surface area contributed by atoms with Crippen LogP contribution in [0.3, 0.4) is 0 Å². The average molecular weight is 486 g/mol.